The molecule has 3 amide bonds. The molecule has 1 N–H and O–H groups in total. The summed E-state index contributed by atoms with van der Waals surface area (Å²) < 4.78 is 6.55. The number of carbonyl (C=O) groups is 3. The van der Waals surface area contributed by atoms with Crippen LogP contribution in [-0.4, -0.2) is 88.5 Å². The zero-order valence-corrected chi connectivity index (χ0v) is 23.2. The van der Waals surface area contributed by atoms with Crippen molar-refractivity contribution in [1.82, 2.24) is 9.80 Å². The minimum absolute atomic E-state index is 0.0209. The van der Waals surface area contributed by atoms with Crippen molar-refractivity contribution in [2.45, 2.75) is 41.8 Å². The van der Waals surface area contributed by atoms with Gasteiger partial charge in [0.1, 0.15) is 11.6 Å². The van der Waals surface area contributed by atoms with Gasteiger partial charge in [0, 0.05) is 38.1 Å². The van der Waals surface area contributed by atoms with Crippen LogP contribution in [0.3, 0.4) is 0 Å². The highest BCUT2D eigenvalue weighted by atomic mass is 79.9. The second kappa shape index (κ2) is 11.3. The van der Waals surface area contributed by atoms with Gasteiger partial charge in [-0.2, -0.15) is 0 Å². The lowest BCUT2D eigenvalue weighted by molar-refractivity contribution is -0.144. The number of halogens is 2. The van der Waals surface area contributed by atoms with Crippen LogP contribution in [-0.2, 0) is 19.1 Å². The number of para-hydroxylation sites is 1. The minimum atomic E-state index is -1.16. The van der Waals surface area contributed by atoms with Crippen LogP contribution in [0.5, 0.6) is 0 Å². The number of unbranched alkanes of at least 4 members (excludes halogenated alkanes) is 1. The number of rotatable bonds is 11. The van der Waals surface area contributed by atoms with Gasteiger partial charge in [0.15, 0.2) is 0 Å². The Morgan fingerprint density at radius 2 is 1.95 bits per heavy atom. The maximum absolute atomic E-state index is 14.4. The van der Waals surface area contributed by atoms with Gasteiger partial charge in [0.25, 0.3) is 5.91 Å². The number of hydrogen-bond acceptors (Lipinski definition) is 5. The molecule has 1 aromatic carbocycles. The minimum Gasteiger partial charge on any atom is -0.396 e. The SMILES string of the molecule is C=CCN(C)C(=O)[C@H]1[C@H]2C(=O)N(CCCCO)C(C(=O)N(CC=C)c3ccccc3Cl)C23CC(Br)[C@@H]1O3. The highest BCUT2D eigenvalue weighted by Gasteiger charge is 2.76. The van der Waals surface area contributed by atoms with E-state index in [4.69, 9.17) is 16.3 Å². The van der Waals surface area contributed by atoms with Gasteiger partial charge in [-0.05, 0) is 31.4 Å². The van der Waals surface area contributed by atoms with Crippen molar-refractivity contribution < 1.29 is 24.2 Å². The maximum atomic E-state index is 14.4. The Balaban J connectivity index is 1.79. The third kappa shape index (κ3) is 4.64. The van der Waals surface area contributed by atoms with E-state index in [2.05, 4.69) is 29.1 Å². The van der Waals surface area contributed by atoms with Crippen LogP contribution in [0, 0.1) is 11.8 Å². The molecule has 37 heavy (non-hydrogen) atoms. The molecule has 200 valence electrons. The predicted octanol–water partition coefficient (Wildman–Crippen LogP) is 3.02. The summed E-state index contributed by atoms with van der Waals surface area (Å²) in [6.45, 7) is 8.30. The summed E-state index contributed by atoms with van der Waals surface area (Å²) in [6.07, 6.45) is 4.13. The molecule has 0 aliphatic carbocycles. The van der Waals surface area contributed by atoms with Crippen LogP contribution in [0.2, 0.25) is 5.02 Å². The fraction of sp³-hybridized carbons (Fsp3) is 0.519. The van der Waals surface area contributed by atoms with E-state index in [9.17, 15) is 19.5 Å². The van der Waals surface area contributed by atoms with Crippen LogP contribution in [0.25, 0.3) is 0 Å². The van der Waals surface area contributed by atoms with E-state index in [0.29, 0.717) is 36.5 Å². The standard InChI is InChI=1S/C27H33BrClN3O5/c1-4-12-30(3)24(34)20-21-25(35)32(14-8-9-15-33)23(27(21)16-17(28)22(20)37-27)26(36)31(13-5-2)19-11-7-6-10-18(19)29/h4-7,10-11,17,20-23,33H,1-2,8-9,12-16H2,3H3/t17?,20-,21-,22-,23?,27?/m0/s1. The third-order valence-electron chi connectivity index (χ3n) is 7.62. The molecule has 3 unspecified atom stereocenters. The summed E-state index contributed by atoms with van der Waals surface area (Å²) in [5.74, 6) is -2.30. The Morgan fingerprint density at radius 1 is 1.24 bits per heavy atom. The molecular formula is C27H33BrClN3O5. The van der Waals surface area contributed by atoms with E-state index in [0.717, 1.165) is 0 Å². The van der Waals surface area contributed by atoms with Crippen molar-refractivity contribution in [3.63, 3.8) is 0 Å². The van der Waals surface area contributed by atoms with Gasteiger partial charge in [-0.15, -0.1) is 13.2 Å². The zero-order chi connectivity index (χ0) is 26.9. The highest BCUT2D eigenvalue weighted by molar-refractivity contribution is 9.09. The second-order valence-corrected chi connectivity index (χ2v) is 11.4. The molecule has 8 nitrogen and oxygen atoms in total. The van der Waals surface area contributed by atoms with Crippen molar-refractivity contribution in [1.29, 1.82) is 0 Å². The fourth-order valence-corrected chi connectivity index (χ4v) is 7.30. The number of amides is 3. The van der Waals surface area contributed by atoms with E-state index in [1.807, 2.05) is 0 Å². The summed E-state index contributed by atoms with van der Waals surface area (Å²) in [7, 11) is 1.68. The lowest BCUT2D eigenvalue weighted by atomic mass is 9.70. The molecule has 4 rings (SSSR count). The number of carbonyl (C=O) groups excluding carboxylic acids is 3. The number of anilines is 1. The summed E-state index contributed by atoms with van der Waals surface area (Å²) in [5, 5.41) is 9.75. The zero-order valence-electron chi connectivity index (χ0n) is 20.9. The van der Waals surface area contributed by atoms with Crippen molar-refractivity contribution in [3.8, 4) is 0 Å². The third-order valence-corrected chi connectivity index (χ3v) is 8.78. The van der Waals surface area contributed by atoms with Gasteiger partial charge < -0.3 is 24.5 Å². The van der Waals surface area contributed by atoms with Crippen molar-refractivity contribution in [2.75, 3.05) is 38.2 Å². The summed E-state index contributed by atoms with van der Waals surface area (Å²) in [5.41, 5.74) is -0.652. The van der Waals surface area contributed by atoms with Gasteiger partial charge >= 0.3 is 0 Å². The number of ether oxygens (including phenoxy) is 1. The van der Waals surface area contributed by atoms with Crippen LogP contribution in [0.1, 0.15) is 19.3 Å². The number of fused-ring (bicyclic) bond motifs is 1. The summed E-state index contributed by atoms with van der Waals surface area (Å²) in [6, 6.07) is 6.08. The molecule has 1 aromatic rings. The predicted molar refractivity (Wildman–Crippen MR) is 146 cm³/mol. The number of benzene rings is 1. The number of likely N-dealkylation sites (N-methyl/N-ethyl adjacent to an activating group) is 1. The first-order valence-corrected chi connectivity index (χ1v) is 13.8. The number of likely N-dealkylation sites (tertiary alicyclic amines) is 1. The highest BCUT2D eigenvalue weighted by Crippen LogP contribution is 2.60. The first kappa shape index (κ1) is 27.8. The van der Waals surface area contributed by atoms with Crippen LogP contribution >= 0.6 is 27.5 Å². The Morgan fingerprint density at radius 3 is 2.59 bits per heavy atom. The quantitative estimate of drug-likeness (QED) is 0.242. The first-order valence-electron chi connectivity index (χ1n) is 12.5. The number of alkyl halides is 1. The molecule has 6 atom stereocenters. The molecule has 2 bridgehead atoms. The van der Waals surface area contributed by atoms with E-state index in [-0.39, 0.29) is 42.2 Å². The monoisotopic (exact) mass is 593 g/mol. The molecule has 3 saturated heterocycles. The number of aliphatic hydroxyl groups is 1. The summed E-state index contributed by atoms with van der Waals surface area (Å²) >= 11 is 10.2. The van der Waals surface area contributed by atoms with Gasteiger partial charge in [0.05, 0.1) is 28.6 Å². The number of hydrogen-bond donors (Lipinski definition) is 1. The Hall–Kier alpha value is -2.20. The Kier molecular flexibility index (Phi) is 8.48. The van der Waals surface area contributed by atoms with Crippen molar-refractivity contribution in [2.24, 2.45) is 11.8 Å². The lowest BCUT2D eigenvalue weighted by Gasteiger charge is -2.37. The lowest BCUT2D eigenvalue weighted by Crippen LogP contribution is -2.57. The molecular weight excluding hydrogens is 562 g/mol. The first-order chi connectivity index (χ1) is 17.7. The maximum Gasteiger partial charge on any atom is 0.253 e. The van der Waals surface area contributed by atoms with Gasteiger partial charge in [-0.25, -0.2) is 0 Å². The Bertz CT molecular complexity index is 1090. The van der Waals surface area contributed by atoms with Gasteiger partial charge in [-0.3, -0.25) is 14.4 Å². The smallest absolute Gasteiger partial charge is 0.253 e. The molecule has 3 aliphatic heterocycles. The number of aliphatic hydroxyl groups excluding tert-OH is 1. The van der Waals surface area contributed by atoms with Crippen LogP contribution in [0.15, 0.2) is 49.6 Å². The van der Waals surface area contributed by atoms with Crippen molar-refractivity contribution >= 4 is 50.9 Å². The number of nitrogens with zero attached hydrogens (tertiary/aromatic N) is 3. The van der Waals surface area contributed by atoms with E-state index in [1.54, 1.807) is 53.3 Å². The topological polar surface area (TPSA) is 90.4 Å². The van der Waals surface area contributed by atoms with E-state index >= 15 is 0 Å². The van der Waals surface area contributed by atoms with E-state index < -0.39 is 29.6 Å². The average Bonchev–Trinajstić information content (AvgIpc) is 3.46. The van der Waals surface area contributed by atoms with Crippen LogP contribution < -0.4 is 4.90 Å². The molecule has 3 heterocycles. The van der Waals surface area contributed by atoms with Crippen molar-refractivity contribution in [3.05, 3.63) is 54.6 Å². The molecule has 3 fully saturated rings. The largest absolute Gasteiger partial charge is 0.396 e. The average molecular weight is 595 g/mol. The molecule has 0 radical (unpaired) electrons. The van der Waals surface area contributed by atoms with E-state index in [1.165, 1.54) is 4.90 Å². The molecule has 3 aliphatic rings. The van der Waals surface area contributed by atoms with Crippen LogP contribution in [0.4, 0.5) is 5.69 Å². The molecule has 0 saturated carbocycles. The summed E-state index contributed by atoms with van der Waals surface area (Å²) in [4.78, 5) is 46.4. The van der Waals surface area contributed by atoms with Gasteiger partial charge in [-0.1, -0.05) is 51.8 Å². The Labute approximate surface area is 231 Å². The molecule has 10 heteroatoms. The molecule has 1 spiro atoms. The van der Waals surface area contributed by atoms with Gasteiger partial charge in [0.2, 0.25) is 11.8 Å². The second-order valence-electron chi connectivity index (χ2n) is 9.82. The normalized spacial score (nSPS) is 29.8. The fourth-order valence-electron chi connectivity index (χ4n) is 6.12. The molecule has 0 aromatic heterocycles.